The molecule has 0 saturated heterocycles. The average molecular weight is 297 g/mol. The lowest BCUT2D eigenvalue weighted by Gasteiger charge is -2.20. The Balaban J connectivity index is 1.66. The Morgan fingerprint density at radius 3 is 2.77 bits per heavy atom. The van der Waals surface area contributed by atoms with Crippen LogP contribution in [0, 0.1) is 0 Å². The zero-order valence-electron chi connectivity index (χ0n) is 12.4. The Morgan fingerprint density at radius 1 is 1.14 bits per heavy atom. The van der Waals surface area contributed by atoms with E-state index in [0.717, 1.165) is 29.5 Å². The average Bonchev–Trinajstić information content (AvgIpc) is 2.77. The first-order chi connectivity index (χ1) is 10.7. The summed E-state index contributed by atoms with van der Waals surface area (Å²) in [6.07, 6.45) is 1.30. The van der Waals surface area contributed by atoms with E-state index in [1.807, 2.05) is 42.5 Å². The maximum atomic E-state index is 12.3. The Bertz CT molecular complexity index is 655. The SMILES string of the molecule is O=C(OCc1ccccc1)N1CCCc2c(O)cccc2C1. The van der Waals surface area contributed by atoms with E-state index in [9.17, 15) is 9.90 Å². The fourth-order valence-electron chi connectivity index (χ4n) is 2.76. The fourth-order valence-corrected chi connectivity index (χ4v) is 2.76. The molecule has 114 valence electrons. The van der Waals surface area contributed by atoms with Crippen molar-refractivity contribution in [1.82, 2.24) is 4.90 Å². The zero-order chi connectivity index (χ0) is 15.4. The van der Waals surface area contributed by atoms with Gasteiger partial charge in [0.15, 0.2) is 0 Å². The molecule has 2 aromatic carbocycles. The summed E-state index contributed by atoms with van der Waals surface area (Å²) in [7, 11) is 0. The number of hydrogen-bond acceptors (Lipinski definition) is 3. The highest BCUT2D eigenvalue weighted by Crippen LogP contribution is 2.26. The predicted octanol–water partition coefficient (Wildman–Crippen LogP) is 3.48. The third kappa shape index (κ3) is 3.22. The van der Waals surface area contributed by atoms with Crippen LogP contribution < -0.4 is 0 Å². The van der Waals surface area contributed by atoms with Crippen LogP contribution in [0.3, 0.4) is 0 Å². The molecule has 1 amide bonds. The van der Waals surface area contributed by atoms with Crippen molar-refractivity contribution in [2.24, 2.45) is 0 Å². The van der Waals surface area contributed by atoms with Crippen LogP contribution in [0.15, 0.2) is 48.5 Å². The summed E-state index contributed by atoms with van der Waals surface area (Å²) in [4.78, 5) is 14.0. The number of amides is 1. The van der Waals surface area contributed by atoms with Gasteiger partial charge in [-0.05, 0) is 35.6 Å². The minimum Gasteiger partial charge on any atom is -0.508 e. The van der Waals surface area contributed by atoms with Crippen molar-refractivity contribution >= 4 is 6.09 Å². The summed E-state index contributed by atoms with van der Waals surface area (Å²) in [6.45, 7) is 1.40. The largest absolute Gasteiger partial charge is 0.508 e. The van der Waals surface area contributed by atoms with Crippen molar-refractivity contribution < 1.29 is 14.6 Å². The molecular formula is C18H19NO3. The maximum Gasteiger partial charge on any atom is 0.410 e. The lowest BCUT2D eigenvalue weighted by molar-refractivity contribution is 0.0942. The molecule has 1 N–H and O–H groups in total. The van der Waals surface area contributed by atoms with Crippen molar-refractivity contribution in [2.45, 2.75) is 26.0 Å². The highest BCUT2D eigenvalue weighted by Gasteiger charge is 2.21. The summed E-state index contributed by atoms with van der Waals surface area (Å²) in [5, 5.41) is 9.92. The number of benzene rings is 2. The van der Waals surface area contributed by atoms with Gasteiger partial charge in [0.1, 0.15) is 12.4 Å². The quantitative estimate of drug-likeness (QED) is 0.923. The fraction of sp³-hybridized carbons (Fsp3) is 0.278. The molecule has 0 unspecified atom stereocenters. The van der Waals surface area contributed by atoms with E-state index in [1.54, 1.807) is 11.0 Å². The van der Waals surface area contributed by atoms with Gasteiger partial charge in [0, 0.05) is 13.1 Å². The van der Waals surface area contributed by atoms with E-state index < -0.39 is 0 Å². The molecule has 1 aliphatic rings. The Kier molecular flexibility index (Phi) is 4.28. The molecule has 0 aliphatic carbocycles. The molecule has 0 spiro atoms. The number of carbonyl (C=O) groups excluding carboxylic acids is 1. The molecule has 4 nitrogen and oxygen atoms in total. The summed E-state index contributed by atoms with van der Waals surface area (Å²) in [5.74, 6) is 0.317. The van der Waals surface area contributed by atoms with Gasteiger partial charge in [-0.1, -0.05) is 42.5 Å². The number of aromatic hydroxyl groups is 1. The Hall–Kier alpha value is -2.49. The molecule has 3 rings (SSSR count). The summed E-state index contributed by atoms with van der Waals surface area (Å²) in [5.41, 5.74) is 2.92. The number of hydrogen-bond donors (Lipinski definition) is 1. The van der Waals surface area contributed by atoms with E-state index in [4.69, 9.17) is 4.74 Å². The highest BCUT2D eigenvalue weighted by atomic mass is 16.6. The van der Waals surface area contributed by atoms with Gasteiger partial charge in [-0.3, -0.25) is 0 Å². The number of phenols is 1. The van der Waals surface area contributed by atoms with Crippen molar-refractivity contribution in [3.8, 4) is 5.75 Å². The topological polar surface area (TPSA) is 49.8 Å². The standard InChI is InChI=1S/C18H19NO3/c20-17-10-4-8-15-12-19(11-5-9-16(15)17)18(21)22-13-14-6-2-1-3-7-14/h1-4,6-8,10,20H,5,9,11-13H2. The van der Waals surface area contributed by atoms with E-state index in [0.29, 0.717) is 18.8 Å². The molecule has 22 heavy (non-hydrogen) atoms. The summed E-state index contributed by atoms with van der Waals surface area (Å²) < 4.78 is 5.39. The first-order valence-corrected chi connectivity index (χ1v) is 7.49. The monoisotopic (exact) mass is 297 g/mol. The first kappa shape index (κ1) is 14.4. The van der Waals surface area contributed by atoms with Gasteiger partial charge < -0.3 is 14.7 Å². The van der Waals surface area contributed by atoms with E-state index in [2.05, 4.69) is 0 Å². The molecule has 0 bridgehead atoms. The lowest BCUT2D eigenvalue weighted by atomic mass is 10.0. The number of carbonyl (C=O) groups is 1. The van der Waals surface area contributed by atoms with E-state index in [1.165, 1.54) is 0 Å². The van der Waals surface area contributed by atoms with Gasteiger partial charge in [0.25, 0.3) is 0 Å². The Morgan fingerprint density at radius 2 is 1.95 bits per heavy atom. The van der Waals surface area contributed by atoms with Gasteiger partial charge in [0.05, 0.1) is 0 Å². The third-order valence-electron chi connectivity index (χ3n) is 3.93. The molecule has 1 aliphatic heterocycles. The van der Waals surface area contributed by atoms with Gasteiger partial charge in [-0.25, -0.2) is 4.79 Å². The number of nitrogens with zero attached hydrogens (tertiary/aromatic N) is 1. The number of rotatable bonds is 2. The predicted molar refractivity (Wildman–Crippen MR) is 83.5 cm³/mol. The molecule has 1 heterocycles. The van der Waals surface area contributed by atoms with Crippen LogP contribution in [0.2, 0.25) is 0 Å². The smallest absolute Gasteiger partial charge is 0.410 e. The second kappa shape index (κ2) is 6.52. The summed E-state index contributed by atoms with van der Waals surface area (Å²) >= 11 is 0. The molecule has 0 fully saturated rings. The Labute approximate surface area is 130 Å². The van der Waals surface area contributed by atoms with E-state index >= 15 is 0 Å². The van der Waals surface area contributed by atoms with Crippen molar-refractivity contribution in [3.63, 3.8) is 0 Å². The second-order valence-corrected chi connectivity index (χ2v) is 5.48. The highest BCUT2D eigenvalue weighted by molar-refractivity contribution is 5.68. The third-order valence-corrected chi connectivity index (χ3v) is 3.93. The van der Waals surface area contributed by atoms with Gasteiger partial charge in [-0.15, -0.1) is 0 Å². The molecular weight excluding hydrogens is 278 g/mol. The van der Waals surface area contributed by atoms with Crippen LogP contribution in [0.5, 0.6) is 5.75 Å². The molecule has 0 atom stereocenters. The van der Waals surface area contributed by atoms with Gasteiger partial charge >= 0.3 is 6.09 Å². The van der Waals surface area contributed by atoms with Gasteiger partial charge in [-0.2, -0.15) is 0 Å². The van der Waals surface area contributed by atoms with Crippen LogP contribution in [0.1, 0.15) is 23.1 Å². The molecule has 2 aromatic rings. The van der Waals surface area contributed by atoms with Crippen LogP contribution in [0.25, 0.3) is 0 Å². The number of ether oxygens (including phenoxy) is 1. The van der Waals surface area contributed by atoms with Crippen LogP contribution in [-0.2, 0) is 24.3 Å². The molecule has 0 saturated carbocycles. The molecule has 0 aromatic heterocycles. The molecule has 0 radical (unpaired) electrons. The lowest BCUT2D eigenvalue weighted by Crippen LogP contribution is -2.31. The summed E-state index contributed by atoms with van der Waals surface area (Å²) in [6, 6.07) is 15.1. The normalized spacial score (nSPS) is 14.1. The van der Waals surface area contributed by atoms with Crippen LogP contribution in [0.4, 0.5) is 4.79 Å². The minimum absolute atomic E-state index is 0.281. The number of fused-ring (bicyclic) bond motifs is 1. The molecule has 4 heteroatoms. The number of phenolic OH excluding ortho intramolecular Hbond substituents is 1. The van der Waals surface area contributed by atoms with Crippen LogP contribution in [-0.4, -0.2) is 22.6 Å². The van der Waals surface area contributed by atoms with Crippen molar-refractivity contribution in [2.75, 3.05) is 6.54 Å². The minimum atomic E-state index is -0.306. The van der Waals surface area contributed by atoms with Gasteiger partial charge in [0.2, 0.25) is 0 Å². The first-order valence-electron chi connectivity index (χ1n) is 7.49. The second-order valence-electron chi connectivity index (χ2n) is 5.48. The van der Waals surface area contributed by atoms with Crippen molar-refractivity contribution in [1.29, 1.82) is 0 Å². The zero-order valence-corrected chi connectivity index (χ0v) is 12.4. The van der Waals surface area contributed by atoms with E-state index in [-0.39, 0.29) is 12.7 Å². The maximum absolute atomic E-state index is 12.3. The van der Waals surface area contributed by atoms with Crippen LogP contribution >= 0.6 is 0 Å². The van der Waals surface area contributed by atoms with Crippen molar-refractivity contribution in [3.05, 3.63) is 65.2 Å².